The molecule has 0 bridgehead atoms. The summed E-state index contributed by atoms with van der Waals surface area (Å²) in [4.78, 5) is 4.72. The second-order valence-electron chi connectivity index (χ2n) is 15.0. The van der Waals surface area contributed by atoms with Crippen molar-refractivity contribution >= 4 is 71.9 Å². The van der Waals surface area contributed by atoms with Crippen LogP contribution in [0.2, 0.25) is 0 Å². The van der Waals surface area contributed by atoms with Crippen LogP contribution in [0.4, 0.5) is 28.4 Å². The van der Waals surface area contributed by atoms with E-state index in [1.807, 2.05) is 12.3 Å². The van der Waals surface area contributed by atoms with Crippen molar-refractivity contribution in [2.45, 2.75) is 0 Å². The summed E-state index contributed by atoms with van der Waals surface area (Å²) in [6, 6.07) is 71.6. The lowest BCUT2D eigenvalue weighted by Crippen LogP contribution is -2.21. The Hall–Kier alpha value is -7.82. The van der Waals surface area contributed by atoms with Gasteiger partial charge in [-0.05, 0) is 123 Å². The van der Waals surface area contributed by atoms with E-state index in [1.165, 1.54) is 38.4 Å². The largest absolute Gasteiger partial charge is 0.455 e. The van der Waals surface area contributed by atoms with Gasteiger partial charge in [-0.3, -0.25) is 0 Å². The number of para-hydroxylation sites is 1. The molecule has 10 aromatic rings. The number of dihydropyridines is 1. The Morgan fingerprint density at radius 1 is 0.390 bits per heavy atom. The molecule has 0 fully saturated rings. The van der Waals surface area contributed by atoms with Crippen LogP contribution < -0.4 is 15.1 Å². The Bertz CT molecular complexity index is 3120. The second-order valence-corrected chi connectivity index (χ2v) is 15.0. The Balaban J connectivity index is 1.06. The molecule has 0 atom stereocenters. The molecule has 0 amide bonds. The number of hydrogen-bond donors (Lipinski definition) is 1. The summed E-state index contributed by atoms with van der Waals surface area (Å²) >= 11 is 0. The molecular weight excluding hydrogens is 719 g/mol. The van der Waals surface area contributed by atoms with Crippen LogP contribution in [0.3, 0.4) is 0 Å². The summed E-state index contributed by atoms with van der Waals surface area (Å²) in [7, 11) is 0. The maximum Gasteiger partial charge on any atom is 0.143 e. The maximum atomic E-state index is 6.62. The summed E-state index contributed by atoms with van der Waals surface area (Å²) in [5, 5.41) is 10.3. The van der Waals surface area contributed by atoms with Crippen LogP contribution >= 0.6 is 0 Å². The van der Waals surface area contributed by atoms with E-state index in [9.17, 15) is 0 Å². The molecule has 0 saturated carbocycles. The highest BCUT2D eigenvalue weighted by atomic mass is 16.3. The first-order valence-corrected chi connectivity index (χ1v) is 20.1. The highest BCUT2D eigenvalue weighted by Gasteiger charge is 2.21. The number of benzene rings is 9. The van der Waals surface area contributed by atoms with Crippen molar-refractivity contribution in [1.82, 2.24) is 5.32 Å². The number of hydrogen-bond acceptors (Lipinski definition) is 4. The van der Waals surface area contributed by atoms with Crippen molar-refractivity contribution in [2.75, 3.05) is 16.3 Å². The molecule has 1 aliphatic heterocycles. The Kier molecular flexibility index (Phi) is 8.52. The summed E-state index contributed by atoms with van der Waals surface area (Å²) < 4.78 is 6.62. The van der Waals surface area contributed by atoms with Crippen molar-refractivity contribution in [3.05, 3.63) is 224 Å². The first kappa shape index (κ1) is 34.4. The van der Waals surface area contributed by atoms with Crippen LogP contribution in [0.25, 0.3) is 65.7 Å². The van der Waals surface area contributed by atoms with Crippen LogP contribution in [0.15, 0.2) is 229 Å². The van der Waals surface area contributed by atoms with Crippen molar-refractivity contribution < 1.29 is 4.42 Å². The van der Waals surface area contributed by atoms with E-state index in [-0.39, 0.29) is 0 Å². The Morgan fingerprint density at radius 3 is 1.58 bits per heavy atom. The van der Waals surface area contributed by atoms with Gasteiger partial charge < -0.3 is 19.5 Å². The Labute approximate surface area is 343 Å². The first-order valence-electron chi connectivity index (χ1n) is 20.1. The number of furan rings is 1. The third kappa shape index (κ3) is 6.19. The topological polar surface area (TPSA) is 31.6 Å². The standard InChI is InChI=1S/C55H39N3O/c1-3-12-38(13-4-1)40-22-26-42(27-23-40)57(43-28-24-41(25-29-43)39-14-5-2-6-15-39)45-16-11-17-46(36-45)58(44-32-34-56-35-33-44)47-30-31-50-52(37-47)48-18-7-8-19-49(48)54-51-20-9-10-21-53(51)59-55(50)54/h1-34,36-37,56H,35H2. The van der Waals surface area contributed by atoms with E-state index in [0.29, 0.717) is 0 Å². The molecule has 0 radical (unpaired) electrons. The molecule has 4 heteroatoms. The van der Waals surface area contributed by atoms with Gasteiger partial charge >= 0.3 is 0 Å². The zero-order valence-electron chi connectivity index (χ0n) is 32.3. The number of rotatable bonds is 8. The van der Waals surface area contributed by atoms with Gasteiger partial charge in [0.05, 0.1) is 0 Å². The maximum absolute atomic E-state index is 6.62. The predicted molar refractivity (Wildman–Crippen MR) is 248 cm³/mol. The fourth-order valence-corrected chi connectivity index (χ4v) is 8.67. The molecule has 1 N–H and O–H groups in total. The molecule has 2 heterocycles. The van der Waals surface area contributed by atoms with Crippen LogP contribution in [0.5, 0.6) is 0 Å². The third-order valence-corrected chi connectivity index (χ3v) is 11.5. The monoisotopic (exact) mass is 757 g/mol. The minimum atomic E-state index is 0.742. The average molecular weight is 758 g/mol. The second kappa shape index (κ2) is 14.6. The SMILES string of the molecule is C1=CC(N(c2cccc(N(c3ccc(-c4ccccc4)cc3)c3ccc(-c4ccccc4)cc3)c2)c2ccc3c(c2)c2ccccc2c2c4ccccc4oc32)=CCN1. The average Bonchev–Trinajstić information content (AvgIpc) is 3.71. The van der Waals surface area contributed by atoms with E-state index in [2.05, 4.69) is 221 Å². The molecule has 280 valence electrons. The lowest BCUT2D eigenvalue weighted by Gasteiger charge is -2.31. The molecule has 59 heavy (non-hydrogen) atoms. The molecule has 9 aromatic carbocycles. The van der Waals surface area contributed by atoms with Gasteiger partial charge in [-0.25, -0.2) is 0 Å². The van der Waals surface area contributed by atoms with Gasteiger partial charge in [0, 0.05) is 56.8 Å². The molecule has 0 spiro atoms. The predicted octanol–water partition coefficient (Wildman–Crippen LogP) is 14.8. The molecule has 4 nitrogen and oxygen atoms in total. The van der Waals surface area contributed by atoms with E-state index in [4.69, 9.17) is 4.42 Å². The van der Waals surface area contributed by atoms with Crippen molar-refractivity contribution in [2.24, 2.45) is 0 Å². The van der Waals surface area contributed by atoms with E-state index in [1.54, 1.807) is 0 Å². The van der Waals surface area contributed by atoms with Gasteiger partial charge in [0.2, 0.25) is 0 Å². The number of nitrogens with zero attached hydrogens (tertiary/aromatic N) is 2. The smallest absolute Gasteiger partial charge is 0.143 e. The summed E-state index contributed by atoms with van der Waals surface area (Å²) in [5.41, 5.74) is 13.0. The van der Waals surface area contributed by atoms with Crippen molar-refractivity contribution in [3.8, 4) is 22.3 Å². The van der Waals surface area contributed by atoms with Gasteiger partial charge in [-0.15, -0.1) is 0 Å². The molecule has 1 aliphatic rings. The Morgan fingerprint density at radius 2 is 0.932 bits per heavy atom. The van der Waals surface area contributed by atoms with Gasteiger partial charge in [-0.2, -0.15) is 0 Å². The number of nitrogens with one attached hydrogen (secondary N) is 1. The molecule has 1 aromatic heterocycles. The lowest BCUT2D eigenvalue weighted by atomic mass is 9.96. The van der Waals surface area contributed by atoms with E-state index >= 15 is 0 Å². The van der Waals surface area contributed by atoms with Gasteiger partial charge in [0.15, 0.2) is 0 Å². The van der Waals surface area contributed by atoms with Gasteiger partial charge in [-0.1, -0.05) is 133 Å². The third-order valence-electron chi connectivity index (χ3n) is 11.5. The highest BCUT2D eigenvalue weighted by molar-refractivity contribution is 6.30. The minimum absolute atomic E-state index is 0.742. The minimum Gasteiger partial charge on any atom is -0.455 e. The zero-order valence-corrected chi connectivity index (χ0v) is 32.3. The van der Waals surface area contributed by atoms with E-state index < -0.39 is 0 Å². The normalized spacial score (nSPS) is 12.5. The molecular formula is C55H39N3O. The summed E-state index contributed by atoms with van der Waals surface area (Å²) in [6.07, 6.45) is 6.44. The number of anilines is 5. The zero-order chi connectivity index (χ0) is 39.1. The van der Waals surface area contributed by atoms with Crippen LogP contribution in [-0.2, 0) is 0 Å². The molecule has 0 unspecified atom stereocenters. The first-order chi connectivity index (χ1) is 29.3. The molecule has 0 saturated heterocycles. The molecule has 0 aliphatic carbocycles. The van der Waals surface area contributed by atoms with Gasteiger partial charge in [0.25, 0.3) is 0 Å². The molecule has 11 rings (SSSR count). The number of allylic oxidation sites excluding steroid dienone is 1. The summed E-state index contributed by atoms with van der Waals surface area (Å²) in [5.74, 6) is 0. The van der Waals surface area contributed by atoms with Crippen LogP contribution in [0.1, 0.15) is 0 Å². The quantitative estimate of drug-likeness (QED) is 0.156. The lowest BCUT2D eigenvalue weighted by molar-refractivity contribution is 0.673. The summed E-state index contributed by atoms with van der Waals surface area (Å²) in [6.45, 7) is 0.742. The van der Waals surface area contributed by atoms with Crippen molar-refractivity contribution in [3.63, 3.8) is 0 Å². The van der Waals surface area contributed by atoms with Crippen LogP contribution in [0, 0.1) is 0 Å². The number of fused-ring (bicyclic) bond motifs is 8. The fourth-order valence-electron chi connectivity index (χ4n) is 8.67. The van der Waals surface area contributed by atoms with Gasteiger partial charge in [0.1, 0.15) is 11.2 Å². The van der Waals surface area contributed by atoms with Crippen LogP contribution in [-0.4, -0.2) is 6.54 Å². The van der Waals surface area contributed by atoms with Crippen molar-refractivity contribution in [1.29, 1.82) is 0 Å². The highest BCUT2D eigenvalue weighted by Crippen LogP contribution is 2.44. The fraction of sp³-hybridized carbons (Fsp3) is 0.0182. The van der Waals surface area contributed by atoms with E-state index in [0.717, 1.165) is 68.0 Å².